The molecule has 1 N–H and O–H groups in total. The van der Waals surface area contributed by atoms with Gasteiger partial charge in [-0.2, -0.15) is 0 Å². The minimum absolute atomic E-state index is 0.162. The predicted molar refractivity (Wildman–Crippen MR) is 122 cm³/mol. The first-order valence-corrected chi connectivity index (χ1v) is 11.5. The van der Waals surface area contributed by atoms with E-state index in [4.69, 9.17) is 23.2 Å². The van der Waals surface area contributed by atoms with Gasteiger partial charge in [-0.05, 0) is 57.0 Å². The van der Waals surface area contributed by atoms with Crippen LogP contribution in [0.3, 0.4) is 0 Å². The van der Waals surface area contributed by atoms with Crippen LogP contribution >= 0.6 is 23.2 Å². The third-order valence-electron chi connectivity index (χ3n) is 7.59. The van der Waals surface area contributed by atoms with Crippen LogP contribution in [0.4, 0.5) is 11.4 Å². The molecule has 2 aromatic rings. The molecule has 3 fully saturated rings. The van der Waals surface area contributed by atoms with Crippen LogP contribution in [0.2, 0.25) is 10.0 Å². The van der Waals surface area contributed by atoms with Crippen LogP contribution < -0.4 is 10.2 Å². The average molecular weight is 470 g/mol. The summed E-state index contributed by atoms with van der Waals surface area (Å²) in [5.41, 5.74) is 2.68. The van der Waals surface area contributed by atoms with Gasteiger partial charge in [-0.25, -0.2) is 4.90 Å². The summed E-state index contributed by atoms with van der Waals surface area (Å²) < 4.78 is 0. The summed E-state index contributed by atoms with van der Waals surface area (Å²) in [6.07, 6.45) is 1.66. The Morgan fingerprint density at radius 1 is 1.06 bits per heavy atom. The lowest BCUT2D eigenvalue weighted by atomic mass is 9.75. The number of aryl methyl sites for hydroxylation is 2. The van der Waals surface area contributed by atoms with E-state index in [0.717, 1.165) is 35.2 Å². The molecule has 6 rings (SSSR count). The molecule has 6 nitrogen and oxygen atoms in total. The molecule has 3 amide bonds. The summed E-state index contributed by atoms with van der Waals surface area (Å²) in [4.78, 5) is 44.7. The highest BCUT2D eigenvalue weighted by Crippen LogP contribution is 2.61. The first-order valence-electron chi connectivity index (χ1n) is 10.8. The molecular weight excluding hydrogens is 449 g/mol. The molecule has 4 heterocycles. The van der Waals surface area contributed by atoms with Gasteiger partial charge in [0.15, 0.2) is 0 Å². The molecule has 8 heteroatoms. The van der Waals surface area contributed by atoms with Crippen LogP contribution in [0.15, 0.2) is 30.3 Å². The molecule has 2 aromatic carbocycles. The van der Waals surface area contributed by atoms with Gasteiger partial charge in [0.2, 0.25) is 17.7 Å². The van der Waals surface area contributed by atoms with E-state index < -0.39 is 17.4 Å². The van der Waals surface area contributed by atoms with Crippen molar-refractivity contribution in [2.24, 2.45) is 11.8 Å². The van der Waals surface area contributed by atoms with Crippen LogP contribution in [0.1, 0.15) is 29.5 Å². The van der Waals surface area contributed by atoms with Crippen LogP contribution in [0.25, 0.3) is 0 Å². The van der Waals surface area contributed by atoms with Crippen LogP contribution in [0.5, 0.6) is 0 Å². The summed E-state index contributed by atoms with van der Waals surface area (Å²) in [5.74, 6) is -2.26. The Hall–Kier alpha value is -2.41. The van der Waals surface area contributed by atoms with Gasteiger partial charge in [0.25, 0.3) is 0 Å². The number of nitrogens with zero attached hydrogens (tertiary/aromatic N) is 2. The largest absolute Gasteiger partial charge is 0.324 e. The molecule has 0 bridgehead atoms. The number of carbonyl (C=O) groups is 3. The van der Waals surface area contributed by atoms with Crippen molar-refractivity contribution in [3.63, 3.8) is 0 Å². The minimum atomic E-state index is -1.18. The Morgan fingerprint density at radius 3 is 2.59 bits per heavy atom. The van der Waals surface area contributed by atoms with Crippen LogP contribution in [-0.2, 0) is 19.9 Å². The number of imide groups is 1. The number of hydrogen-bond donors (Lipinski definition) is 1. The summed E-state index contributed by atoms with van der Waals surface area (Å²) in [6, 6.07) is 8.58. The third kappa shape index (κ3) is 2.28. The Balaban J connectivity index is 1.58. The fourth-order valence-corrected chi connectivity index (χ4v) is 7.05. The monoisotopic (exact) mass is 469 g/mol. The van der Waals surface area contributed by atoms with Crippen LogP contribution in [-0.4, -0.2) is 35.2 Å². The van der Waals surface area contributed by atoms with Gasteiger partial charge in [-0.1, -0.05) is 40.9 Å². The third-order valence-corrected chi connectivity index (χ3v) is 8.13. The Kier molecular flexibility index (Phi) is 4.15. The van der Waals surface area contributed by atoms with Crippen LogP contribution in [0, 0.1) is 25.7 Å². The molecule has 4 aliphatic heterocycles. The molecule has 32 heavy (non-hydrogen) atoms. The van der Waals surface area contributed by atoms with Crippen molar-refractivity contribution < 1.29 is 14.4 Å². The van der Waals surface area contributed by atoms with Crippen molar-refractivity contribution in [1.82, 2.24) is 4.90 Å². The highest BCUT2D eigenvalue weighted by atomic mass is 35.5. The maximum Gasteiger partial charge on any atom is 0.250 e. The van der Waals surface area contributed by atoms with Gasteiger partial charge < -0.3 is 5.32 Å². The molecule has 1 spiro atoms. The lowest BCUT2D eigenvalue weighted by Gasteiger charge is -2.37. The lowest BCUT2D eigenvalue weighted by molar-refractivity contribution is -0.135. The average Bonchev–Trinajstić information content (AvgIpc) is 3.42. The van der Waals surface area contributed by atoms with Crippen molar-refractivity contribution in [1.29, 1.82) is 0 Å². The fraction of sp³-hybridized carbons (Fsp3) is 0.375. The number of hydrogen-bond acceptors (Lipinski definition) is 4. The van der Waals surface area contributed by atoms with E-state index in [1.54, 1.807) is 12.1 Å². The van der Waals surface area contributed by atoms with E-state index in [9.17, 15) is 14.4 Å². The smallest absolute Gasteiger partial charge is 0.250 e. The number of carbonyl (C=O) groups excluding carboxylic acids is 3. The summed E-state index contributed by atoms with van der Waals surface area (Å²) in [6.45, 7) is 4.62. The normalized spacial score (nSPS) is 30.8. The van der Waals surface area contributed by atoms with Gasteiger partial charge in [-0.3, -0.25) is 19.3 Å². The first kappa shape index (κ1) is 20.2. The molecular formula is C24H21Cl2N3O3. The quantitative estimate of drug-likeness (QED) is 0.639. The van der Waals surface area contributed by atoms with E-state index in [2.05, 4.69) is 10.2 Å². The number of fused-ring (bicyclic) bond motifs is 7. The molecule has 164 valence electrons. The molecule has 0 aliphatic carbocycles. The topological polar surface area (TPSA) is 69.7 Å². The van der Waals surface area contributed by atoms with E-state index in [-0.39, 0.29) is 28.8 Å². The summed E-state index contributed by atoms with van der Waals surface area (Å²) in [5, 5.41) is 3.71. The highest BCUT2D eigenvalue weighted by Gasteiger charge is 2.74. The molecule has 4 atom stereocenters. The summed E-state index contributed by atoms with van der Waals surface area (Å²) >= 11 is 12.4. The predicted octanol–water partition coefficient (Wildman–Crippen LogP) is 4.04. The number of rotatable bonds is 1. The Labute approximate surface area is 195 Å². The van der Waals surface area contributed by atoms with E-state index in [0.29, 0.717) is 17.3 Å². The zero-order valence-electron chi connectivity index (χ0n) is 17.6. The zero-order valence-corrected chi connectivity index (χ0v) is 19.1. The molecule has 4 aliphatic rings. The lowest BCUT2D eigenvalue weighted by Crippen LogP contribution is -2.54. The van der Waals surface area contributed by atoms with E-state index in [1.807, 2.05) is 26.0 Å². The van der Waals surface area contributed by atoms with Gasteiger partial charge in [0.1, 0.15) is 5.54 Å². The van der Waals surface area contributed by atoms with Gasteiger partial charge in [-0.15, -0.1) is 0 Å². The number of halogens is 2. The number of benzene rings is 2. The second-order valence-electron chi connectivity index (χ2n) is 9.24. The second kappa shape index (κ2) is 6.56. The minimum Gasteiger partial charge on any atom is -0.324 e. The van der Waals surface area contributed by atoms with Gasteiger partial charge >= 0.3 is 0 Å². The maximum absolute atomic E-state index is 14.0. The molecule has 0 radical (unpaired) electrons. The number of amides is 3. The number of nitrogens with one attached hydrogen (secondary N) is 1. The van der Waals surface area contributed by atoms with Crippen molar-refractivity contribution in [2.45, 2.75) is 38.3 Å². The molecule has 3 saturated heterocycles. The fourth-order valence-electron chi connectivity index (χ4n) is 6.56. The van der Waals surface area contributed by atoms with Crippen molar-refractivity contribution >= 4 is 52.3 Å². The van der Waals surface area contributed by atoms with Gasteiger partial charge in [0, 0.05) is 22.3 Å². The van der Waals surface area contributed by atoms with Gasteiger partial charge in [0.05, 0.1) is 22.5 Å². The first-order chi connectivity index (χ1) is 15.3. The van der Waals surface area contributed by atoms with E-state index in [1.165, 1.54) is 11.0 Å². The van der Waals surface area contributed by atoms with Crippen molar-refractivity contribution in [3.8, 4) is 0 Å². The molecule has 0 saturated carbocycles. The molecule has 0 unspecified atom stereocenters. The zero-order chi connectivity index (χ0) is 22.5. The Bertz CT molecular complexity index is 1250. The molecule has 0 aromatic heterocycles. The van der Waals surface area contributed by atoms with Crippen molar-refractivity contribution in [3.05, 3.63) is 57.1 Å². The summed E-state index contributed by atoms with van der Waals surface area (Å²) in [7, 11) is 0. The second-order valence-corrected chi connectivity index (χ2v) is 10.1. The highest BCUT2D eigenvalue weighted by molar-refractivity contribution is 6.38. The maximum atomic E-state index is 14.0. The van der Waals surface area contributed by atoms with Crippen molar-refractivity contribution in [2.75, 3.05) is 16.8 Å². The SMILES string of the molecule is Cc1cc(C)c2c(c1)[C@]1(C(=O)N2)[C@@H]2C(=O)N(c3ccc(Cl)cc3Cl)C(=O)[C@H]2[C@@H]2CCCN21. The Morgan fingerprint density at radius 2 is 1.84 bits per heavy atom. The standard InChI is InChI=1S/C24H21Cl2N3O3/c1-11-8-12(2)20-14(9-11)24(23(32)27-20)19-18(17-4-3-7-28(17)24)21(30)29(22(19)31)16-6-5-13(25)10-15(16)26/h5-6,8-10,17-19H,3-4,7H2,1-2H3,(H,27,32)/t17-,18-,19-,24+/m0/s1. The van der Waals surface area contributed by atoms with E-state index >= 15 is 0 Å². The number of anilines is 2.